The molecule has 10 heteroatoms. The molecule has 0 spiro atoms. The fourth-order valence-electron chi connectivity index (χ4n) is 5.10. The van der Waals surface area contributed by atoms with Crippen LogP contribution in [0, 0.1) is 12.7 Å². The zero-order chi connectivity index (χ0) is 27.7. The predicted octanol–water partition coefficient (Wildman–Crippen LogP) is 6.44. The van der Waals surface area contributed by atoms with E-state index in [4.69, 9.17) is 22.3 Å². The van der Waals surface area contributed by atoms with Crippen molar-refractivity contribution in [1.82, 2.24) is 9.97 Å². The average Bonchev–Trinajstić information content (AvgIpc) is 2.92. The van der Waals surface area contributed by atoms with Crippen LogP contribution in [0.25, 0.3) is 22.0 Å². The number of aromatic nitrogens is 2. The van der Waals surface area contributed by atoms with Gasteiger partial charge in [-0.1, -0.05) is 36.7 Å². The summed E-state index contributed by atoms with van der Waals surface area (Å²) in [6.45, 7) is 3.68. The minimum absolute atomic E-state index is 0.0607. The van der Waals surface area contributed by atoms with Crippen molar-refractivity contribution in [3.8, 4) is 11.1 Å². The van der Waals surface area contributed by atoms with Gasteiger partial charge in [0.25, 0.3) is 10.0 Å². The molecule has 0 bridgehead atoms. The van der Waals surface area contributed by atoms with Gasteiger partial charge in [0.15, 0.2) is 5.82 Å². The van der Waals surface area contributed by atoms with Crippen LogP contribution < -0.4 is 15.8 Å². The van der Waals surface area contributed by atoms with Crippen LogP contribution in [-0.4, -0.2) is 30.5 Å². The lowest BCUT2D eigenvalue weighted by atomic mass is 9.92. The molecular weight excluding hydrogens is 537 g/mol. The smallest absolute Gasteiger partial charge is 0.263 e. The summed E-state index contributed by atoms with van der Waals surface area (Å²) >= 11 is 6.06. The summed E-state index contributed by atoms with van der Waals surface area (Å²) in [4.78, 5) is 9.24. The Kier molecular flexibility index (Phi) is 7.75. The molecule has 1 saturated carbocycles. The summed E-state index contributed by atoms with van der Waals surface area (Å²) in [5.74, 6) is -0.0490. The van der Waals surface area contributed by atoms with E-state index < -0.39 is 15.8 Å². The Bertz CT molecular complexity index is 1640. The van der Waals surface area contributed by atoms with Crippen molar-refractivity contribution in [2.45, 2.75) is 62.9 Å². The van der Waals surface area contributed by atoms with Gasteiger partial charge in [-0.3, -0.25) is 4.72 Å². The normalized spacial score (nSPS) is 17.8. The SMILES string of the molecule is CCc1cc(-c2ccc(NS(=O)(=O)c3ccccc3Cl)c(F)c2C)cc2cnc(NC3CCC(N)CC3)nc12. The second-order valence-electron chi connectivity index (χ2n) is 10.0. The first-order chi connectivity index (χ1) is 18.7. The lowest BCUT2D eigenvalue weighted by Gasteiger charge is -2.26. The van der Waals surface area contributed by atoms with Crippen LogP contribution in [0.15, 0.2) is 59.6 Å². The van der Waals surface area contributed by atoms with Gasteiger partial charge in [-0.25, -0.2) is 22.8 Å². The van der Waals surface area contributed by atoms with Crippen molar-refractivity contribution in [2.24, 2.45) is 5.73 Å². The fourth-order valence-corrected chi connectivity index (χ4v) is 6.68. The Hall–Kier alpha value is -3.27. The lowest BCUT2D eigenvalue weighted by molar-refractivity contribution is 0.410. The minimum atomic E-state index is -4.07. The Morgan fingerprint density at radius 1 is 1.10 bits per heavy atom. The van der Waals surface area contributed by atoms with E-state index in [0.717, 1.165) is 54.1 Å². The highest BCUT2D eigenvalue weighted by molar-refractivity contribution is 7.92. The third-order valence-electron chi connectivity index (χ3n) is 7.32. The maximum atomic E-state index is 15.5. The number of benzene rings is 3. The summed E-state index contributed by atoms with van der Waals surface area (Å²) in [7, 11) is -4.07. The number of nitrogens with one attached hydrogen (secondary N) is 2. The van der Waals surface area contributed by atoms with Crippen LogP contribution in [0.5, 0.6) is 0 Å². The van der Waals surface area contributed by atoms with Gasteiger partial charge in [0.2, 0.25) is 5.95 Å². The molecule has 1 aliphatic carbocycles. The number of sulfonamides is 1. The van der Waals surface area contributed by atoms with Gasteiger partial charge in [-0.2, -0.15) is 0 Å². The zero-order valence-corrected chi connectivity index (χ0v) is 23.4. The van der Waals surface area contributed by atoms with Crippen molar-refractivity contribution in [3.05, 3.63) is 76.7 Å². The molecule has 4 N–H and O–H groups in total. The monoisotopic (exact) mass is 567 g/mol. The second kappa shape index (κ2) is 11.1. The largest absolute Gasteiger partial charge is 0.351 e. The topological polar surface area (TPSA) is 110 Å². The number of nitrogens with zero attached hydrogens (tertiary/aromatic N) is 2. The standard InChI is InChI=1S/C29H31ClFN5O2S/c1-3-18-14-19(15-20-16-33-29(35-28(18)20)34-22-10-8-21(32)9-11-22)23-12-13-25(27(31)17(23)2)36-39(37,38)26-7-5-4-6-24(26)30/h4-7,12-16,21-22,36H,3,8-11,32H2,1-2H3,(H,33,34,35). The third-order valence-corrected chi connectivity index (χ3v) is 9.18. The molecule has 3 aromatic carbocycles. The fraction of sp³-hybridized carbons (Fsp3) is 0.310. The number of hydrogen-bond acceptors (Lipinski definition) is 6. The van der Waals surface area contributed by atoms with Crippen LogP contribution >= 0.6 is 11.6 Å². The Morgan fingerprint density at radius 3 is 2.56 bits per heavy atom. The van der Waals surface area contributed by atoms with Gasteiger partial charge < -0.3 is 11.1 Å². The molecule has 5 rings (SSSR count). The first-order valence-electron chi connectivity index (χ1n) is 13.0. The van der Waals surface area contributed by atoms with E-state index in [0.29, 0.717) is 23.1 Å². The van der Waals surface area contributed by atoms with Crippen molar-refractivity contribution in [1.29, 1.82) is 0 Å². The molecule has 39 heavy (non-hydrogen) atoms. The van der Waals surface area contributed by atoms with Gasteiger partial charge in [0, 0.05) is 23.7 Å². The molecule has 4 aromatic rings. The number of fused-ring (bicyclic) bond motifs is 1. The molecule has 1 heterocycles. The van der Waals surface area contributed by atoms with Gasteiger partial charge in [-0.15, -0.1) is 0 Å². The number of halogens is 2. The first kappa shape index (κ1) is 27.3. The Labute approximate surface area is 233 Å². The van der Waals surface area contributed by atoms with E-state index in [9.17, 15) is 8.42 Å². The number of nitrogens with two attached hydrogens (primary N) is 1. The van der Waals surface area contributed by atoms with Crippen LogP contribution in [-0.2, 0) is 16.4 Å². The van der Waals surface area contributed by atoms with E-state index in [1.54, 1.807) is 31.3 Å². The zero-order valence-electron chi connectivity index (χ0n) is 21.8. The number of aryl methyl sites for hydroxylation is 1. The maximum Gasteiger partial charge on any atom is 0.263 e. The number of anilines is 2. The van der Waals surface area contributed by atoms with E-state index >= 15 is 4.39 Å². The molecule has 0 atom stereocenters. The Balaban J connectivity index is 1.45. The quantitative estimate of drug-likeness (QED) is 0.237. The highest BCUT2D eigenvalue weighted by Crippen LogP contribution is 2.34. The molecule has 1 fully saturated rings. The van der Waals surface area contributed by atoms with Crippen molar-refractivity contribution >= 4 is 44.2 Å². The second-order valence-corrected chi connectivity index (χ2v) is 12.1. The highest BCUT2D eigenvalue weighted by atomic mass is 35.5. The first-order valence-corrected chi connectivity index (χ1v) is 14.9. The highest BCUT2D eigenvalue weighted by Gasteiger charge is 2.22. The molecule has 0 saturated heterocycles. The van der Waals surface area contributed by atoms with Crippen LogP contribution in [0.3, 0.4) is 0 Å². The summed E-state index contributed by atoms with van der Waals surface area (Å²) < 4.78 is 43.5. The molecule has 0 aliphatic heterocycles. The molecule has 1 aromatic heterocycles. The Morgan fingerprint density at radius 2 is 1.85 bits per heavy atom. The van der Waals surface area contributed by atoms with Crippen LogP contribution in [0.4, 0.5) is 16.0 Å². The molecule has 7 nitrogen and oxygen atoms in total. The summed E-state index contributed by atoms with van der Waals surface area (Å²) in [6.07, 6.45) is 6.50. The molecule has 1 aliphatic rings. The average molecular weight is 568 g/mol. The van der Waals surface area contributed by atoms with E-state index in [2.05, 4.69) is 21.9 Å². The molecular formula is C29H31ClFN5O2S. The van der Waals surface area contributed by atoms with Crippen molar-refractivity contribution in [2.75, 3.05) is 10.0 Å². The minimum Gasteiger partial charge on any atom is -0.351 e. The summed E-state index contributed by atoms with van der Waals surface area (Å²) in [6, 6.07) is 13.7. The van der Waals surface area contributed by atoms with Crippen LogP contribution in [0.1, 0.15) is 43.7 Å². The molecule has 0 unspecified atom stereocenters. The summed E-state index contributed by atoms with van der Waals surface area (Å²) in [5.41, 5.74) is 9.55. The molecule has 204 valence electrons. The van der Waals surface area contributed by atoms with Crippen molar-refractivity contribution in [3.63, 3.8) is 0 Å². The summed E-state index contributed by atoms with van der Waals surface area (Å²) in [5, 5.41) is 4.37. The molecule has 0 amide bonds. The van der Waals surface area contributed by atoms with E-state index in [1.165, 1.54) is 18.2 Å². The van der Waals surface area contributed by atoms with Gasteiger partial charge >= 0.3 is 0 Å². The molecule has 0 radical (unpaired) electrons. The lowest BCUT2D eigenvalue weighted by Crippen LogP contribution is -2.33. The van der Waals surface area contributed by atoms with Crippen LogP contribution in [0.2, 0.25) is 5.02 Å². The maximum absolute atomic E-state index is 15.5. The van der Waals surface area contributed by atoms with E-state index in [1.807, 2.05) is 12.1 Å². The van der Waals surface area contributed by atoms with Crippen molar-refractivity contribution < 1.29 is 12.8 Å². The van der Waals surface area contributed by atoms with Gasteiger partial charge in [0.05, 0.1) is 16.2 Å². The van der Waals surface area contributed by atoms with Gasteiger partial charge in [0.1, 0.15) is 4.90 Å². The predicted molar refractivity (Wildman–Crippen MR) is 155 cm³/mol. The number of hydrogen-bond donors (Lipinski definition) is 3. The van der Waals surface area contributed by atoms with Gasteiger partial charge in [-0.05, 0) is 91.6 Å². The number of rotatable bonds is 7. The third kappa shape index (κ3) is 5.71. The van der Waals surface area contributed by atoms with E-state index in [-0.39, 0.29) is 21.6 Å².